The average Bonchev–Trinajstić information content (AvgIpc) is 3.22. The lowest BCUT2D eigenvalue weighted by Gasteiger charge is -2.13. The monoisotopic (exact) mass is 453 g/mol. The first-order valence-electron chi connectivity index (χ1n) is 7.31. The van der Waals surface area contributed by atoms with Crippen LogP contribution in [0.3, 0.4) is 0 Å². The van der Waals surface area contributed by atoms with Gasteiger partial charge >= 0.3 is 5.97 Å². The second kappa shape index (κ2) is 7.80. The lowest BCUT2D eigenvalue weighted by molar-refractivity contribution is 0.0601. The molecular weight excluding hydrogens is 445 g/mol. The van der Waals surface area contributed by atoms with Gasteiger partial charge in [-0.15, -0.1) is 10.2 Å². The van der Waals surface area contributed by atoms with Gasteiger partial charge < -0.3 is 10.1 Å². The Bertz CT molecular complexity index is 1010. The van der Waals surface area contributed by atoms with Gasteiger partial charge in [0.2, 0.25) is 0 Å². The molecule has 0 aliphatic rings. The van der Waals surface area contributed by atoms with Gasteiger partial charge in [0.25, 0.3) is 5.91 Å². The smallest absolute Gasteiger partial charge is 0.340 e. The molecule has 11 heteroatoms. The van der Waals surface area contributed by atoms with Crippen LogP contribution in [0.15, 0.2) is 41.4 Å². The number of carbonyl (C=O) groups excluding carboxylic acids is 2. The van der Waals surface area contributed by atoms with Gasteiger partial charge in [-0.25, -0.2) is 14.2 Å². The fourth-order valence-corrected chi connectivity index (χ4v) is 2.65. The number of imidazole rings is 1. The molecule has 3 rings (SSSR count). The van der Waals surface area contributed by atoms with Crippen LogP contribution in [-0.2, 0) is 4.74 Å². The fourth-order valence-electron chi connectivity index (χ4n) is 2.14. The van der Waals surface area contributed by atoms with Crippen molar-refractivity contribution in [3.05, 3.63) is 63.5 Å². The van der Waals surface area contributed by atoms with Crippen LogP contribution in [0.2, 0.25) is 5.02 Å². The van der Waals surface area contributed by atoms with Crippen molar-refractivity contribution in [1.82, 2.24) is 19.7 Å². The lowest BCUT2D eigenvalue weighted by Crippen LogP contribution is -2.19. The highest BCUT2D eigenvalue weighted by atomic mass is 79.9. The second-order valence-electron chi connectivity index (χ2n) is 5.10. The Hall–Kier alpha value is -2.85. The number of esters is 1. The third-order valence-corrected chi connectivity index (χ3v) is 4.76. The summed E-state index contributed by atoms with van der Waals surface area (Å²) < 4.78 is 20.6. The molecule has 0 aliphatic carbocycles. The number of anilines is 1. The van der Waals surface area contributed by atoms with E-state index in [1.807, 2.05) is 0 Å². The third-order valence-electron chi connectivity index (χ3n) is 3.46. The van der Waals surface area contributed by atoms with E-state index in [-0.39, 0.29) is 26.4 Å². The molecule has 0 spiro atoms. The molecule has 2 heterocycles. The topological polar surface area (TPSA) is 99.0 Å². The standard InChI is InChI=1S/C16H10BrClFN5O3/c1-27-16(26)8-6-9(18)12(17)13(19)14(8)21-15(25)10-2-3-11(23-22-10)24-5-4-20-7-24/h2-7H,1H3,(H,21,25). The number of nitrogens with one attached hydrogen (secondary N) is 1. The first-order chi connectivity index (χ1) is 12.9. The zero-order valence-electron chi connectivity index (χ0n) is 13.6. The summed E-state index contributed by atoms with van der Waals surface area (Å²) in [7, 11) is 1.13. The molecule has 0 saturated carbocycles. The normalized spacial score (nSPS) is 10.5. The van der Waals surface area contributed by atoms with Crippen LogP contribution < -0.4 is 5.32 Å². The number of nitrogens with zero attached hydrogens (tertiary/aromatic N) is 4. The van der Waals surface area contributed by atoms with Crippen LogP contribution in [0.1, 0.15) is 20.8 Å². The summed E-state index contributed by atoms with van der Waals surface area (Å²) in [6, 6.07) is 4.13. The molecule has 0 atom stereocenters. The number of halogens is 3. The van der Waals surface area contributed by atoms with Gasteiger partial charge in [0.1, 0.15) is 6.33 Å². The summed E-state index contributed by atoms with van der Waals surface area (Å²) >= 11 is 8.84. The Morgan fingerprint density at radius 3 is 2.70 bits per heavy atom. The van der Waals surface area contributed by atoms with Gasteiger partial charge in [0, 0.05) is 12.4 Å². The zero-order chi connectivity index (χ0) is 19.6. The summed E-state index contributed by atoms with van der Waals surface area (Å²) in [5.41, 5.74) is -0.705. The molecule has 1 aromatic carbocycles. The number of ether oxygens (including phenoxy) is 1. The van der Waals surface area contributed by atoms with Crippen molar-refractivity contribution in [2.75, 3.05) is 12.4 Å². The molecule has 1 amide bonds. The van der Waals surface area contributed by atoms with E-state index in [1.165, 1.54) is 18.5 Å². The van der Waals surface area contributed by atoms with Crippen molar-refractivity contribution in [2.24, 2.45) is 0 Å². The predicted molar refractivity (Wildman–Crippen MR) is 97.6 cm³/mol. The van der Waals surface area contributed by atoms with Crippen LogP contribution in [0, 0.1) is 5.82 Å². The molecule has 0 fully saturated rings. The molecular formula is C16H10BrClFN5O3. The van der Waals surface area contributed by atoms with Gasteiger partial charge in [0.15, 0.2) is 17.3 Å². The molecule has 27 heavy (non-hydrogen) atoms. The number of benzene rings is 1. The lowest BCUT2D eigenvalue weighted by atomic mass is 10.1. The van der Waals surface area contributed by atoms with Crippen molar-refractivity contribution in [2.45, 2.75) is 0 Å². The molecule has 0 saturated heterocycles. The number of hydrogen-bond acceptors (Lipinski definition) is 6. The van der Waals surface area contributed by atoms with Gasteiger partial charge in [-0.3, -0.25) is 9.36 Å². The number of carbonyl (C=O) groups is 2. The maximum absolute atomic E-state index is 14.5. The summed E-state index contributed by atoms with van der Waals surface area (Å²) in [5.74, 6) is -2.10. The van der Waals surface area contributed by atoms with Gasteiger partial charge in [-0.05, 0) is 34.1 Å². The van der Waals surface area contributed by atoms with Gasteiger partial charge in [0.05, 0.1) is 27.9 Å². The van der Waals surface area contributed by atoms with Crippen LogP contribution in [0.4, 0.5) is 10.1 Å². The van der Waals surface area contributed by atoms with E-state index in [0.717, 1.165) is 7.11 Å². The molecule has 8 nitrogen and oxygen atoms in total. The molecule has 0 aliphatic heterocycles. The first kappa shape index (κ1) is 18.9. The number of aromatic nitrogens is 4. The molecule has 0 unspecified atom stereocenters. The quantitative estimate of drug-likeness (QED) is 0.480. The number of amides is 1. The van der Waals surface area contributed by atoms with E-state index in [0.29, 0.717) is 5.82 Å². The SMILES string of the molecule is COC(=O)c1cc(Cl)c(Br)c(F)c1NC(=O)c1ccc(-n2ccnc2)nn1. The Balaban J connectivity index is 1.92. The largest absolute Gasteiger partial charge is 0.465 e. The van der Waals surface area contributed by atoms with E-state index >= 15 is 0 Å². The highest BCUT2D eigenvalue weighted by Gasteiger charge is 2.23. The summed E-state index contributed by atoms with van der Waals surface area (Å²) in [6.07, 6.45) is 4.75. The van der Waals surface area contributed by atoms with Gasteiger partial charge in [-0.2, -0.15) is 0 Å². The summed E-state index contributed by atoms with van der Waals surface area (Å²) in [6.45, 7) is 0. The summed E-state index contributed by atoms with van der Waals surface area (Å²) in [5, 5.41) is 9.98. The fraction of sp³-hybridized carbons (Fsp3) is 0.0625. The maximum atomic E-state index is 14.5. The maximum Gasteiger partial charge on any atom is 0.340 e. The Morgan fingerprint density at radius 2 is 2.11 bits per heavy atom. The van der Waals surface area contributed by atoms with E-state index in [4.69, 9.17) is 11.6 Å². The Kier molecular flexibility index (Phi) is 5.47. The molecule has 3 aromatic rings. The number of methoxy groups -OCH3 is 1. The van der Waals surface area contributed by atoms with Crippen molar-refractivity contribution in [3.8, 4) is 5.82 Å². The first-order valence-corrected chi connectivity index (χ1v) is 8.48. The molecule has 138 valence electrons. The summed E-state index contributed by atoms with van der Waals surface area (Å²) in [4.78, 5) is 28.2. The van der Waals surface area contributed by atoms with Gasteiger partial charge in [-0.1, -0.05) is 11.6 Å². The average molecular weight is 455 g/mol. The van der Waals surface area contributed by atoms with Crippen LogP contribution in [0.25, 0.3) is 5.82 Å². The van der Waals surface area contributed by atoms with Crippen LogP contribution in [-0.4, -0.2) is 38.7 Å². The van der Waals surface area contributed by atoms with Crippen molar-refractivity contribution < 1.29 is 18.7 Å². The number of rotatable bonds is 4. The van der Waals surface area contributed by atoms with Crippen molar-refractivity contribution >= 4 is 45.1 Å². The molecule has 2 aromatic heterocycles. The minimum Gasteiger partial charge on any atom is -0.465 e. The van der Waals surface area contributed by atoms with E-state index in [2.05, 4.69) is 41.2 Å². The van der Waals surface area contributed by atoms with Crippen molar-refractivity contribution in [1.29, 1.82) is 0 Å². The highest BCUT2D eigenvalue weighted by molar-refractivity contribution is 9.10. The van der Waals surface area contributed by atoms with E-state index < -0.39 is 17.7 Å². The van der Waals surface area contributed by atoms with E-state index in [1.54, 1.807) is 23.0 Å². The number of hydrogen-bond donors (Lipinski definition) is 1. The third kappa shape index (κ3) is 3.81. The minimum atomic E-state index is -0.917. The predicted octanol–water partition coefficient (Wildman–Crippen LogP) is 3.26. The molecule has 1 N–H and O–H groups in total. The Morgan fingerprint density at radius 1 is 1.33 bits per heavy atom. The second-order valence-corrected chi connectivity index (χ2v) is 6.30. The highest BCUT2D eigenvalue weighted by Crippen LogP contribution is 2.34. The van der Waals surface area contributed by atoms with Crippen molar-refractivity contribution in [3.63, 3.8) is 0 Å². The molecule has 0 bridgehead atoms. The Labute approximate surface area is 165 Å². The molecule has 0 radical (unpaired) electrons. The van der Waals surface area contributed by atoms with E-state index in [9.17, 15) is 14.0 Å². The minimum absolute atomic E-state index is 0.0459. The zero-order valence-corrected chi connectivity index (χ0v) is 16.0. The van der Waals surface area contributed by atoms with Crippen LogP contribution in [0.5, 0.6) is 0 Å². The van der Waals surface area contributed by atoms with Crippen LogP contribution >= 0.6 is 27.5 Å².